The molecule has 4 nitrogen and oxygen atoms in total. The van der Waals surface area contributed by atoms with Crippen molar-refractivity contribution in [3.63, 3.8) is 0 Å². The number of amides is 1. The molecule has 1 aromatic carbocycles. The quantitative estimate of drug-likeness (QED) is 0.755. The Balaban J connectivity index is 0.00000256. The summed E-state index contributed by atoms with van der Waals surface area (Å²) in [4.78, 5) is 11.3. The van der Waals surface area contributed by atoms with Crippen molar-refractivity contribution >= 4 is 18.3 Å². The second-order valence-electron chi connectivity index (χ2n) is 3.60. The molecule has 3 N–H and O–H groups in total. The van der Waals surface area contributed by atoms with Gasteiger partial charge in [-0.1, -0.05) is 12.1 Å². The van der Waals surface area contributed by atoms with Gasteiger partial charge in [-0.2, -0.15) is 0 Å². The van der Waals surface area contributed by atoms with Crippen molar-refractivity contribution in [3.8, 4) is 5.75 Å². The Morgan fingerprint density at radius 1 is 1.47 bits per heavy atom. The Labute approximate surface area is 108 Å². The molecule has 0 unspecified atom stereocenters. The highest BCUT2D eigenvalue weighted by molar-refractivity contribution is 5.85. The Morgan fingerprint density at radius 3 is 2.88 bits per heavy atom. The Hall–Kier alpha value is -1.26. The van der Waals surface area contributed by atoms with Crippen LogP contribution in [0.4, 0.5) is 0 Å². The molecular formula is C12H19ClN2O2. The lowest BCUT2D eigenvalue weighted by atomic mass is 10.2. The topological polar surface area (TPSA) is 64.3 Å². The average Bonchev–Trinajstić information content (AvgIpc) is 2.27. The summed E-state index contributed by atoms with van der Waals surface area (Å²) in [6.45, 7) is 3.22. The summed E-state index contributed by atoms with van der Waals surface area (Å²) < 4.78 is 5.34. The number of halogens is 1. The number of nitrogens with two attached hydrogens (primary N) is 1. The number of hydrogen-bond acceptors (Lipinski definition) is 3. The molecule has 0 saturated carbocycles. The number of carbonyl (C=O) groups excluding carboxylic acids is 1. The standard InChI is InChI=1S/C12H18N2O2.ClH/c1-10-4-2-5-11(8-10)16-9-12(15)14-7-3-6-13;/h2,4-5,8H,3,6-7,9,13H2,1H3,(H,14,15);1H. The third kappa shape index (κ3) is 6.81. The molecule has 5 heteroatoms. The first-order chi connectivity index (χ1) is 7.72. The highest BCUT2D eigenvalue weighted by atomic mass is 35.5. The van der Waals surface area contributed by atoms with Crippen molar-refractivity contribution < 1.29 is 9.53 Å². The van der Waals surface area contributed by atoms with E-state index < -0.39 is 0 Å². The van der Waals surface area contributed by atoms with Crippen LogP contribution in [0.1, 0.15) is 12.0 Å². The van der Waals surface area contributed by atoms with Crippen LogP contribution in [-0.2, 0) is 4.79 Å². The molecule has 17 heavy (non-hydrogen) atoms. The van der Waals surface area contributed by atoms with Gasteiger partial charge in [-0.3, -0.25) is 4.79 Å². The van der Waals surface area contributed by atoms with Crippen LogP contribution in [0.2, 0.25) is 0 Å². The van der Waals surface area contributed by atoms with Gasteiger partial charge in [0.25, 0.3) is 5.91 Å². The summed E-state index contributed by atoms with van der Waals surface area (Å²) in [5, 5.41) is 2.72. The summed E-state index contributed by atoms with van der Waals surface area (Å²) in [6.07, 6.45) is 0.788. The average molecular weight is 259 g/mol. The van der Waals surface area contributed by atoms with Crippen molar-refractivity contribution in [3.05, 3.63) is 29.8 Å². The van der Waals surface area contributed by atoms with Gasteiger partial charge in [0.1, 0.15) is 5.75 Å². The van der Waals surface area contributed by atoms with Gasteiger partial charge in [-0.25, -0.2) is 0 Å². The first-order valence-electron chi connectivity index (χ1n) is 5.38. The zero-order chi connectivity index (χ0) is 11.8. The molecule has 96 valence electrons. The number of rotatable bonds is 6. The predicted molar refractivity (Wildman–Crippen MR) is 70.6 cm³/mol. The van der Waals surface area contributed by atoms with Crippen LogP contribution in [0.15, 0.2) is 24.3 Å². The minimum absolute atomic E-state index is 0. The van der Waals surface area contributed by atoms with Gasteiger partial charge >= 0.3 is 0 Å². The number of carbonyl (C=O) groups is 1. The van der Waals surface area contributed by atoms with Crippen LogP contribution in [0.5, 0.6) is 5.75 Å². The number of benzene rings is 1. The number of ether oxygens (including phenoxy) is 1. The second-order valence-corrected chi connectivity index (χ2v) is 3.60. The molecule has 0 bridgehead atoms. The predicted octanol–water partition coefficient (Wildman–Crippen LogP) is 1.26. The lowest BCUT2D eigenvalue weighted by molar-refractivity contribution is -0.123. The minimum Gasteiger partial charge on any atom is -0.484 e. The second kappa shape index (κ2) is 8.84. The Morgan fingerprint density at radius 2 is 2.24 bits per heavy atom. The normalized spacial score (nSPS) is 9.29. The number of nitrogens with one attached hydrogen (secondary N) is 1. The minimum atomic E-state index is -0.116. The molecule has 0 aliphatic heterocycles. The zero-order valence-electron chi connectivity index (χ0n) is 9.94. The molecular weight excluding hydrogens is 240 g/mol. The van der Waals surface area contributed by atoms with Crippen LogP contribution in [0, 0.1) is 6.92 Å². The van der Waals surface area contributed by atoms with Crippen LogP contribution in [-0.4, -0.2) is 25.6 Å². The fraction of sp³-hybridized carbons (Fsp3) is 0.417. The summed E-state index contributed by atoms with van der Waals surface area (Å²) in [7, 11) is 0. The molecule has 1 rings (SSSR count). The van der Waals surface area contributed by atoms with E-state index in [2.05, 4.69) is 5.32 Å². The molecule has 0 fully saturated rings. The van der Waals surface area contributed by atoms with E-state index in [0.717, 1.165) is 12.0 Å². The Bertz CT molecular complexity index is 345. The van der Waals surface area contributed by atoms with E-state index in [4.69, 9.17) is 10.5 Å². The maximum Gasteiger partial charge on any atom is 0.257 e. The zero-order valence-corrected chi connectivity index (χ0v) is 10.8. The van der Waals surface area contributed by atoms with Gasteiger partial charge in [0.2, 0.25) is 0 Å². The fourth-order valence-electron chi connectivity index (χ4n) is 1.23. The maximum absolute atomic E-state index is 11.3. The lowest BCUT2D eigenvalue weighted by Gasteiger charge is -2.07. The lowest BCUT2D eigenvalue weighted by Crippen LogP contribution is -2.30. The van der Waals surface area contributed by atoms with Gasteiger partial charge in [0.05, 0.1) is 0 Å². The smallest absolute Gasteiger partial charge is 0.257 e. The molecule has 1 amide bonds. The van der Waals surface area contributed by atoms with E-state index in [1.807, 2.05) is 31.2 Å². The van der Waals surface area contributed by atoms with Crippen molar-refractivity contribution in [2.75, 3.05) is 19.7 Å². The number of aryl methyl sites for hydroxylation is 1. The van der Waals surface area contributed by atoms with Gasteiger partial charge in [-0.15, -0.1) is 12.4 Å². The van der Waals surface area contributed by atoms with Crippen molar-refractivity contribution in [2.24, 2.45) is 5.73 Å². The first-order valence-corrected chi connectivity index (χ1v) is 5.38. The molecule has 0 aromatic heterocycles. The van der Waals surface area contributed by atoms with Crippen LogP contribution < -0.4 is 15.8 Å². The Kier molecular flexibility index (Phi) is 8.19. The monoisotopic (exact) mass is 258 g/mol. The molecule has 0 saturated heterocycles. The van der Waals surface area contributed by atoms with E-state index in [0.29, 0.717) is 18.8 Å². The van der Waals surface area contributed by atoms with Gasteiger partial charge in [0.15, 0.2) is 6.61 Å². The molecule has 0 atom stereocenters. The van der Waals surface area contributed by atoms with Crippen molar-refractivity contribution in [2.45, 2.75) is 13.3 Å². The van der Waals surface area contributed by atoms with E-state index in [9.17, 15) is 4.79 Å². The summed E-state index contributed by atoms with van der Waals surface area (Å²) in [5.74, 6) is 0.601. The molecule has 0 aliphatic rings. The summed E-state index contributed by atoms with van der Waals surface area (Å²) in [6, 6.07) is 7.61. The largest absolute Gasteiger partial charge is 0.484 e. The molecule has 0 heterocycles. The fourth-order valence-corrected chi connectivity index (χ4v) is 1.23. The van der Waals surface area contributed by atoms with Crippen LogP contribution in [0.25, 0.3) is 0 Å². The molecule has 1 aromatic rings. The first kappa shape index (κ1) is 15.7. The van der Waals surface area contributed by atoms with Gasteiger partial charge in [0, 0.05) is 6.54 Å². The van der Waals surface area contributed by atoms with Gasteiger partial charge in [-0.05, 0) is 37.6 Å². The molecule has 0 aliphatic carbocycles. The number of hydrogen-bond donors (Lipinski definition) is 2. The van der Waals surface area contributed by atoms with E-state index in [1.165, 1.54) is 0 Å². The van der Waals surface area contributed by atoms with E-state index in [1.54, 1.807) is 0 Å². The van der Waals surface area contributed by atoms with Crippen LogP contribution >= 0.6 is 12.4 Å². The third-order valence-electron chi connectivity index (χ3n) is 2.06. The molecule has 0 radical (unpaired) electrons. The molecule has 0 spiro atoms. The van der Waals surface area contributed by atoms with E-state index in [-0.39, 0.29) is 24.9 Å². The summed E-state index contributed by atoms with van der Waals surface area (Å²) >= 11 is 0. The highest BCUT2D eigenvalue weighted by Crippen LogP contribution is 2.11. The van der Waals surface area contributed by atoms with Gasteiger partial charge < -0.3 is 15.8 Å². The highest BCUT2D eigenvalue weighted by Gasteiger charge is 2.01. The van der Waals surface area contributed by atoms with Crippen molar-refractivity contribution in [1.29, 1.82) is 0 Å². The SMILES string of the molecule is Cc1cccc(OCC(=O)NCCCN)c1.Cl. The summed E-state index contributed by atoms with van der Waals surface area (Å²) in [5.41, 5.74) is 6.43. The van der Waals surface area contributed by atoms with Crippen molar-refractivity contribution in [1.82, 2.24) is 5.32 Å². The van der Waals surface area contributed by atoms with Crippen LogP contribution in [0.3, 0.4) is 0 Å². The maximum atomic E-state index is 11.3. The third-order valence-corrected chi connectivity index (χ3v) is 2.06. The van der Waals surface area contributed by atoms with E-state index >= 15 is 0 Å².